The Bertz CT molecular complexity index is 901. The van der Waals surface area contributed by atoms with Gasteiger partial charge >= 0.3 is 11.9 Å². The van der Waals surface area contributed by atoms with Crippen molar-refractivity contribution in [3.05, 3.63) is 94.3 Å². The van der Waals surface area contributed by atoms with Gasteiger partial charge in [-0.25, -0.2) is 9.59 Å². The second-order valence-corrected chi connectivity index (χ2v) is 7.05. The summed E-state index contributed by atoms with van der Waals surface area (Å²) in [4.78, 5) is 27.0. The first-order valence-electron chi connectivity index (χ1n) is 9.18. The largest absolute Gasteiger partial charge is 0.466 e. The average Bonchev–Trinajstić information content (AvgIpc) is 2.77. The third kappa shape index (κ3) is 4.87. The van der Waals surface area contributed by atoms with E-state index in [-0.39, 0.29) is 0 Å². The van der Waals surface area contributed by atoms with Gasteiger partial charge in [0, 0.05) is 24.0 Å². The molecule has 3 rings (SSSR count). The van der Waals surface area contributed by atoms with E-state index in [9.17, 15) is 9.59 Å². The molecule has 0 saturated carbocycles. The van der Waals surface area contributed by atoms with Gasteiger partial charge < -0.3 is 14.4 Å². The van der Waals surface area contributed by atoms with E-state index in [0.717, 1.165) is 17.5 Å². The highest BCUT2D eigenvalue weighted by molar-refractivity contribution is 6.30. The molecular weight excluding hydrogens is 390 g/mol. The summed E-state index contributed by atoms with van der Waals surface area (Å²) >= 11 is 6.00. The molecule has 0 bridgehead atoms. The van der Waals surface area contributed by atoms with E-state index in [0.29, 0.717) is 22.7 Å². The van der Waals surface area contributed by atoms with Crippen molar-refractivity contribution >= 4 is 23.5 Å². The van der Waals surface area contributed by atoms with Crippen LogP contribution in [0.2, 0.25) is 5.02 Å². The van der Waals surface area contributed by atoms with Crippen LogP contribution in [-0.2, 0) is 25.5 Å². The zero-order valence-corrected chi connectivity index (χ0v) is 17.1. The SMILES string of the molecule is COC(=O)C1=CN(CCc2ccccc2)C=C(C(=O)OC)C1c1ccc(Cl)cc1. The van der Waals surface area contributed by atoms with Crippen molar-refractivity contribution in [3.63, 3.8) is 0 Å². The van der Waals surface area contributed by atoms with Crippen molar-refractivity contribution in [1.82, 2.24) is 4.90 Å². The molecule has 0 unspecified atom stereocenters. The highest BCUT2D eigenvalue weighted by Crippen LogP contribution is 2.37. The Labute approximate surface area is 175 Å². The van der Waals surface area contributed by atoms with E-state index in [1.54, 1.807) is 36.7 Å². The van der Waals surface area contributed by atoms with Crippen molar-refractivity contribution in [2.24, 2.45) is 0 Å². The lowest BCUT2D eigenvalue weighted by molar-refractivity contribution is -0.137. The van der Waals surface area contributed by atoms with E-state index in [4.69, 9.17) is 21.1 Å². The topological polar surface area (TPSA) is 55.8 Å². The summed E-state index contributed by atoms with van der Waals surface area (Å²) < 4.78 is 10.00. The number of hydrogen-bond acceptors (Lipinski definition) is 5. The number of carbonyl (C=O) groups excluding carboxylic acids is 2. The molecule has 1 aliphatic heterocycles. The summed E-state index contributed by atoms with van der Waals surface area (Å²) in [6, 6.07) is 17.0. The molecule has 0 amide bonds. The smallest absolute Gasteiger partial charge is 0.336 e. The van der Waals surface area contributed by atoms with Crippen LogP contribution in [0.3, 0.4) is 0 Å². The van der Waals surface area contributed by atoms with Crippen LogP contribution in [0.25, 0.3) is 0 Å². The second-order valence-electron chi connectivity index (χ2n) is 6.61. The van der Waals surface area contributed by atoms with E-state index in [1.165, 1.54) is 14.2 Å². The Kier molecular flexibility index (Phi) is 6.73. The van der Waals surface area contributed by atoms with Crippen LogP contribution in [0.4, 0.5) is 0 Å². The van der Waals surface area contributed by atoms with E-state index >= 15 is 0 Å². The first-order valence-corrected chi connectivity index (χ1v) is 9.56. The Morgan fingerprint density at radius 3 is 1.97 bits per heavy atom. The van der Waals surface area contributed by atoms with Crippen LogP contribution in [0.5, 0.6) is 0 Å². The predicted octanol–water partition coefficient (Wildman–Crippen LogP) is 4.10. The summed E-state index contributed by atoms with van der Waals surface area (Å²) in [5.74, 6) is -1.59. The molecule has 0 spiro atoms. The van der Waals surface area contributed by atoms with Gasteiger partial charge in [0.2, 0.25) is 0 Å². The van der Waals surface area contributed by atoms with E-state index in [2.05, 4.69) is 0 Å². The average molecular weight is 412 g/mol. The standard InChI is InChI=1S/C23H22ClNO4/c1-28-22(26)19-14-25(13-12-16-6-4-3-5-7-16)15-20(23(27)29-2)21(19)17-8-10-18(24)11-9-17/h3-11,14-15,21H,12-13H2,1-2H3. The summed E-state index contributed by atoms with van der Waals surface area (Å²) in [6.07, 6.45) is 4.23. The summed E-state index contributed by atoms with van der Waals surface area (Å²) in [5, 5.41) is 0.571. The molecule has 2 aromatic rings. The van der Waals surface area contributed by atoms with Crippen molar-refractivity contribution in [3.8, 4) is 0 Å². The van der Waals surface area contributed by atoms with Gasteiger partial charge in [0.05, 0.1) is 31.3 Å². The summed E-state index contributed by atoms with van der Waals surface area (Å²) in [5.41, 5.74) is 2.65. The summed E-state index contributed by atoms with van der Waals surface area (Å²) in [6.45, 7) is 0.596. The number of methoxy groups -OCH3 is 2. The monoisotopic (exact) mass is 411 g/mol. The Morgan fingerprint density at radius 2 is 1.45 bits per heavy atom. The molecule has 0 aromatic heterocycles. The van der Waals surface area contributed by atoms with Gasteiger partial charge in [0.15, 0.2) is 0 Å². The first-order chi connectivity index (χ1) is 14.0. The van der Waals surface area contributed by atoms with Crippen molar-refractivity contribution < 1.29 is 19.1 Å². The fraction of sp³-hybridized carbons (Fsp3) is 0.217. The molecular formula is C23H22ClNO4. The fourth-order valence-electron chi connectivity index (χ4n) is 3.33. The fourth-order valence-corrected chi connectivity index (χ4v) is 3.46. The Balaban J connectivity index is 1.98. The number of carbonyl (C=O) groups is 2. The van der Waals surface area contributed by atoms with Crippen LogP contribution in [0.15, 0.2) is 78.1 Å². The number of esters is 2. The maximum atomic E-state index is 12.6. The highest BCUT2D eigenvalue weighted by atomic mass is 35.5. The zero-order valence-electron chi connectivity index (χ0n) is 16.3. The molecule has 0 aliphatic carbocycles. The Hall–Kier alpha value is -3.05. The third-order valence-corrected chi connectivity index (χ3v) is 5.03. The molecule has 0 atom stereocenters. The van der Waals surface area contributed by atoms with Gasteiger partial charge in [0.25, 0.3) is 0 Å². The lowest BCUT2D eigenvalue weighted by Crippen LogP contribution is -2.29. The van der Waals surface area contributed by atoms with Crippen LogP contribution >= 0.6 is 11.6 Å². The van der Waals surface area contributed by atoms with Crippen LogP contribution in [-0.4, -0.2) is 37.6 Å². The van der Waals surface area contributed by atoms with Crippen LogP contribution < -0.4 is 0 Å². The van der Waals surface area contributed by atoms with Gasteiger partial charge in [-0.05, 0) is 29.7 Å². The predicted molar refractivity (Wildman–Crippen MR) is 111 cm³/mol. The van der Waals surface area contributed by atoms with Crippen molar-refractivity contribution in [2.75, 3.05) is 20.8 Å². The molecule has 150 valence electrons. The first kappa shape index (κ1) is 20.7. The van der Waals surface area contributed by atoms with E-state index in [1.807, 2.05) is 35.2 Å². The lowest BCUT2D eigenvalue weighted by atomic mass is 9.83. The molecule has 6 heteroatoms. The van der Waals surface area contributed by atoms with E-state index < -0.39 is 17.9 Å². The lowest BCUT2D eigenvalue weighted by Gasteiger charge is -2.30. The van der Waals surface area contributed by atoms with Gasteiger partial charge in [0.1, 0.15) is 0 Å². The van der Waals surface area contributed by atoms with Crippen LogP contribution in [0.1, 0.15) is 17.0 Å². The maximum Gasteiger partial charge on any atom is 0.336 e. The summed E-state index contributed by atoms with van der Waals surface area (Å²) in [7, 11) is 2.65. The van der Waals surface area contributed by atoms with Gasteiger partial charge in [-0.15, -0.1) is 0 Å². The van der Waals surface area contributed by atoms with Crippen LogP contribution in [0, 0.1) is 0 Å². The highest BCUT2D eigenvalue weighted by Gasteiger charge is 2.35. The number of rotatable bonds is 6. The van der Waals surface area contributed by atoms with Gasteiger partial charge in [-0.3, -0.25) is 0 Å². The number of nitrogens with zero attached hydrogens (tertiary/aromatic N) is 1. The molecule has 2 aromatic carbocycles. The number of ether oxygens (including phenoxy) is 2. The minimum atomic E-state index is -0.597. The maximum absolute atomic E-state index is 12.6. The Morgan fingerprint density at radius 1 is 0.897 bits per heavy atom. The normalized spacial score (nSPS) is 14.1. The number of halogens is 1. The molecule has 5 nitrogen and oxygen atoms in total. The second kappa shape index (κ2) is 9.43. The quantitative estimate of drug-likeness (QED) is 0.670. The van der Waals surface area contributed by atoms with Crippen molar-refractivity contribution in [1.29, 1.82) is 0 Å². The molecule has 1 aliphatic rings. The molecule has 0 fully saturated rings. The van der Waals surface area contributed by atoms with Gasteiger partial charge in [-0.1, -0.05) is 54.1 Å². The number of hydrogen-bond donors (Lipinski definition) is 0. The molecule has 0 N–H and O–H groups in total. The molecule has 1 heterocycles. The van der Waals surface area contributed by atoms with Crippen molar-refractivity contribution in [2.45, 2.75) is 12.3 Å². The molecule has 29 heavy (non-hydrogen) atoms. The number of benzene rings is 2. The van der Waals surface area contributed by atoms with Gasteiger partial charge in [-0.2, -0.15) is 0 Å². The molecule has 0 saturated heterocycles. The minimum absolute atomic E-state index is 0.366. The zero-order chi connectivity index (χ0) is 20.8. The molecule has 0 radical (unpaired) electrons. The minimum Gasteiger partial charge on any atom is -0.466 e. The third-order valence-electron chi connectivity index (χ3n) is 4.78.